The third kappa shape index (κ3) is 5.95. The van der Waals surface area contributed by atoms with E-state index in [-0.39, 0.29) is 17.6 Å². The van der Waals surface area contributed by atoms with Gasteiger partial charge in [0.2, 0.25) is 0 Å². The number of carbonyl (C=O) groups is 2. The quantitative estimate of drug-likeness (QED) is 0.301. The number of amides is 1. The fourth-order valence-electron chi connectivity index (χ4n) is 5.99. The Bertz CT molecular complexity index is 1610. The van der Waals surface area contributed by atoms with Gasteiger partial charge in [0.05, 0.1) is 27.9 Å². The first-order valence-electron chi connectivity index (χ1n) is 14.4. The minimum Gasteiger partial charge on any atom is -0.493 e. The minimum absolute atomic E-state index is 0.0143. The van der Waals surface area contributed by atoms with Crippen molar-refractivity contribution in [1.29, 1.82) is 0 Å². The van der Waals surface area contributed by atoms with Crippen LogP contribution in [-0.4, -0.2) is 39.6 Å². The highest BCUT2D eigenvalue weighted by Crippen LogP contribution is 2.47. The van der Waals surface area contributed by atoms with Crippen LogP contribution in [-0.2, 0) is 9.59 Å². The normalized spacial score (nSPS) is 18.0. The Kier molecular flexibility index (Phi) is 8.76. The molecule has 5 rings (SSSR count). The van der Waals surface area contributed by atoms with Crippen molar-refractivity contribution >= 4 is 17.4 Å². The van der Waals surface area contributed by atoms with Crippen LogP contribution in [0.15, 0.2) is 83.2 Å². The monoisotopic (exact) mass is 582 g/mol. The molecule has 2 N–H and O–H groups in total. The molecule has 3 aromatic rings. The lowest BCUT2D eigenvalue weighted by Crippen LogP contribution is -2.37. The molecule has 8 heteroatoms. The fraction of sp³-hybridized carbons (Fsp3) is 0.314. The number of ketones is 1. The molecular formula is C35H38N2O6. The number of methoxy groups -OCH3 is 3. The van der Waals surface area contributed by atoms with E-state index in [2.05, 4.69) is 10.6 Å². The summed E-state index contributed by atoms with van der Waals surface area (Å²) < 4.78 is 22.3. The maximum atomic E-state index is 14.1. The lowest BCUT2D eigenvalue weighted by molar-refractivity contribution is -0.116. The van der Waals surface area contributed by atoms with Gasteiger partial charge in [0.25, 0.3) is 5.91 Å². The Morgan fingerprint density at radius 1 is 0.837 bits per heavy atom. The molecule has 0 saturated heterocycles. The number of aryl methyl sites for hydroxylation is 1. The van der Waals surface area contributed by atoms with Gasteiger partial charge in [-0.1, -0.05) is 29.8 Å². The third-order valence-electron chi connectivity index (χ3n) is 8.08. The van der Waals surface area contributed by atoms with Gasteiger partial charge in [0.15, 0.2) is 28.8 Å². The molecule has 1 aliphatic heterocycles. The predicted octanol–water partition coefficient (Wildman–Crippen LogP) is 6.42. The van der Waals surface area contributed by atoms with Gasteiger partial charge in [-0.05, 0) is 80.6 Å². The van der Waals surface area contributed by atoms with E-state index in [9.17, 15) is 9.59 Å². The van der Waals surface area contributed by atoms with E-state index in [1.54, 1.807) is 21.3 Å². The summed E-state index contributed by atoms with van der Waals surface area (Å²) in [6.07, 6.45) is 0.901. The number of anilines is 1. The molecule has 0 unspecified atom stereocenters. The molecule has 43 heavy (non-hydrogen) atoms. The van der Waals surface area contributed by atoms with Gasteiger partial charge in [-0.25, -0.2) is 0 Å². The second-order valence-electron chi connectivity index (χ2n) is 10.8. The Morgan fingerprint density at radius 2 is 1.47 bits per heavy atom. The van der Waals surface area contributed by atoms with Crippen LogP contribution in [0.1, 0.15) is 55.2 Å². The summed E-state index contributed by atoms with van der Waals surface area (Å²) in [5, 5.41) is 6.50. The minimum atomic E-state index is -0.592. The number of dihydropyridines is 1. The highest BCUT2D eigenvalue weighted by Gasteiger charge is 2.41. The summed E-state index contributed by atoms with van der Waals surface area (Å²) >= 11 is 0. The molecule has 224 valence electrons. The SMILES string of the molecule is CCOc1ccc([C@H]2C(C(=O)Nc3ccc(C)cc3)=C(C)NC3=C2C(=O)C[C@@H](c2ccc(OC)c(OC)c2)C3)cc1OC. The van der Waals surface area contributed by atoms with Gasteiger partial charge < -0.3 is 29.6 Å². The first kappa shape index (κ1) is 29.8. The second-order valence-corrected chi connectivity index (χ2v) is 10.8. The van der Waals surface area contributed by atoms with Crippen molar-refractivity contribution in [2.24, 2.45) is 0 Å². The Morgan fingerprint density at radius 3 is 2.14 bits per heavy atom. The molecule has 0 spiro atoms. The summed E-state index contributed by atoms with van der Waals surface area (Å²) in [6, 6.07) is 19.0. The van der Waals surface area contributed by atoms with Crippen LogP contribution >= 0.6 is 0 Å². The van der Waals surface area contributed by atoms with E-state index in [0.717, 1.165) is 22.4 Å². The lowest BCUT2D eigenvalue weighted by atomic mass is 9.71. The smallest absolute Gasteiger partial charge is 0.254 e. The van der Waals surface area contributed by atoms with Gasteiger partial charge in [0.1, 0.15) is 0 Å². The highest BCUT2D eigenvalue weighted by molar-refractivity contribution is 6.10. The number of rotatable bonds is 9. The Hall–Kier alpha value is -4.72. The molecule has 1 heterocycles. The van der Waals surface area contributed by atoms with Crippen molar-refractivity contribution in [3.63, 3.8) is 0 Å². The Labute approximate surface area is 252 Å². The summed E-state index contributed by atoms with van der Waals surface area (Å²) in [7, 11) is 4.78. The van der Waals surface area contributed by atoms with Crippen LogP contribution in [0.2, 0.25) is 0 Å². The Balaban J connectivity index is 1.58. The van der Waals surface area contributed by atoms with E-state index in [1.807, 2.05) is 81.4 Å². The first-order valence-corrected chi connectivity index (χ1v) is 14.4. The standard InChI is InChI=1S/C35H38N2O6/c1-7-43-29-15-11-23(19-31(29)42-6)33-32(35(39)37-25-12-8-20(2)9-13-25)21(3)36-26-16-24(17-27(38)34(26)33)22-10-14-28(40-4)30(18-22)41-5/h8-15,18-19,24,33,36H,7,16-17H2,1-6H3,(H,37,39)/t24-,33-/m0/s1. The van der Waals surface area contributed by atoms with Gasteiger partial charge in [-0.2, -0.15) is 0 Å². The summed E-state index contributed by atoms with van der Waals surface area (Å²) in [5.74, 6) is 1.46. The molecule has 0 fully saturated rings. The van der Waals surface area contributed by atoms with E-state index in [4.69, 9.17) is 18.9 Å². The van der Waals surface area contributed by atoms with Crippen LogP contribution in [0.3, 0.4) is 0 Å². The van der Waals surface area contributed by atoms with Gasteiger partial charge in [0, 0.05) is 40.6 Å². The van der Waals surface area contributed by atoms with Crippen LogP contribution in [0.4, 0.5) is 5.69 Å². The molecule has 1 amide bonds. The zero-order chi connectivity index (χ0) is 30.7. The van der Waals surface area contributed by atoms with Gasteiger partial charge in [-0.3, -0.25) is 9.59 Å². The fourth-order valence-corrected chi connectivity index (χ4v) is 5.99. The number of carbonyl (C=O) groups excluding carboxylic acids is 2. The zero-order valence-corrected chi connectivity index (χ0v) is 25.5. The van der Waals surface area contributed by atoms with Crippen molar-refractivity contribution in [3.8, 4) is 23.0 Å². The lowest BCUT2D eigenvalue weighted by Gasteiger charge is -2.37. The largest absolute Gasteiger partial charge is 0.493 e. The number of ether oxygens (including phenoxy) is 4. The second kappa shape index (κ2) is 12.7. The zero-order valence-electron chi connectivity index (χ0n) is 25.5. The number of hydrogen-bond acceptors (Lipinski definition) is 7. The molecule has 8 nitrogen and oxygen atoms in total. The summed E-state index contributed by atoms with van der Waals surface area (Å²) in [6.45, 7) is 6.28. The average Bonchev–Trinajstić information content (AvgIpc) is 3.01. The maximum Gasteiger partial charge on any atom is 0.254 e. The van der Waals surface area contributed by atoms with E-state index in [1.165, 1.54) is 0 Å². The van der Waals surface area contributed by atoms with E-state index >= 15 is 0 Å². The summed E-state index contributed by atoms with van der Waals surface area (Å²) in [4.78, 5) is 28.0. The topological polar surface area (TPSA) is 95.1 Å². The van der Waals surface area contributed by atoms with Crippen LogP contribution in [0.5, 0.6) is 23.0 Å². The molecule has 2 atom stereocenters. The van der Waals surface area contributed by atoms with Crippen LogP contribution in [0.25, 0.3) is 0 Å². The highest BCUT2D eigenvalue weighted by atomic mass is 16.5. The van der Waals surface area contributed by atoms with Crippen molar-refractivity contribution in [3.05, 3.63) is 99.9 Å². The van der Waals surface area contributed by atoms with Crippen LogP contribution in [0, 0.1) is 6.92 Å². The third-order valence-corrected chi connectivity index (χ3v) is 8.08. The van der Waals surface area contributed by atoms with Crippen molar-refractivity contribution in [2.45, 2.75) is 45.4 Å². The average molecular weight is 583 g/mol. The molecule has 0 bridgehead atoms. The maximum absolute atomic E-state index is 14.1. The van der Waals surface area contributed by atoms with Crippen molar-refractivity contribution in [2.75, 3.05) is 33.3 Å². The van der Waals surface area contributed by atoms with E-state index < -0.39 is 5.92 Å². The molecule has 3 aromatic carbocycles. The number of hydrogen-bond donors (Lipinski definition) is 2. The summed E-state index contributed by atoms with van der Waals surface area (Å²) in [5.41, 5.74) is 6.15. The number of benzene rings is 3. The molecule has 1 aliphatic carbocycles. The molecular weight excluding hydrogens is 544 g/mol. The van der Waals surface area contributed by atoms with Crippen molar-refractivity contribution < 1.29 is 28.5 Å². The number of allylic oxidation sites excluding steroid dienone is 3. The van der Waals surface area contributed by atoms with Gasteiger partial charge in [-0.15, -0.1) is 0 Å². The van der Waals surface area contributed by atoms with Gasteiger partial charge >= 0.3 is 0 Å². The van der Waals surface area contributed by atoms with Crippen molar-refractivity contribution in [1.82, 2.24) is 5.32 Å². The predicted molar refractivity (Wildman–Crippen MR) is 166 cm³/mol. The van der Waals surface area contributed by atoms with E-state index in [0.29, 0.717) is 65.0 Å². The first-order chi connectivity index (χ1) is 20.8. The van der Waals surface area contributed by atoms with Crippen LogP contribution < -0.4 is 29.6 Å². The number of nitrogens with one attached hydrogen (secondary N) is 2. The molecule has 0 radical (unpaired) electrons. The molecule has 0 saturated carbocycles. The number of Topliss-reactive ketones (excluding diaryl/α,β-unsaturated/α-hetero) is 1. The molecule has 2 aliphatic rings. The molecule has 0 aromatic heterocycles.